The SMILES string of the molecule is CCc1nccn1-c1nc(OC)sc1C=O. The van der Waals surface area contributed by atoms with E-state index in [2.05, 4.69) is 9.97 Å². The van der Waals surface area contributed by atoms with Gasteiger partial charge in [-0.3, -0.25) is 9.36 Å². The third-order valence-corrected chi connectivity index (χ3v) is 3.09. The molecular formula is C10H11N3O2S. The Bertz CT molecular complexity index is 504. The van der Waals surface area contributed by atoms with Gasteiger partial charge >= 0.3 is 0 Å². The summed E-state index contributed by atoms with van der Waals surface area (Å²) in [7, 11) is 1.53. The number of rotatable bonds is 4. The van der Waals surface area contributed by atoms with E-state index in [4.69, 9.17) is 4.74 Å². The normalized spacial score (nSPS) is 10.4. The third kappa shape index (κ3) is 1.71. The minimum atomic E-state index is 0.479. The van der Waals surface area contributed by atoms with Gasteiger partial charge in [-0.1, -0.05) is 18.3 Å². The number of hydrogen-bond donors (Lipinski definition) is 0. The minimum Gasteiger partial charge on any atom is -0.473 e. The van der Waals surface area contributed by atoms with Crippen molar-refractivity contribution in [2.45, 2.75) is 13.3 Å². The molecule has 0 unspecified atom stereocenters. The van der Waals surface area contributed by atoms with Crippen molar-refractivity contribution in [2.75, 3.05) is 7.11 Å². The monoisotopic (exact) mass is 237 g/mol. The molecule has 2 aromatic rings. The zero-order valence-corrected chi connectivity index (χ0v) is 9.82. The largest absolute Gasteiger partial charge is 0.473 e. The highest BCUT2D eigenvalue weighted by Crippen LogP contribution is 2.26. The number of thiazole rings is 1. The quantitative estimate of drug-likeness (QED) is 0.760. The van der Waals surface area contributed by atoms with Crippen LogP contribution in [0, 0.1) is 0 Å². The molecule has 0 aromatic carbocycles. The van der Waals surface area contributed by atoms with Gasteiger partial charge in [0, 0.05) is 18.8 Å². The van der Waals surface area contributed by atoms with E-state index in [1.807, 2.05) is 11.5 Å². The minimum absolute atomic E-state index is 0.479. The summed E-state index contributed by atoms with van der Waals surface area (Å²) >= 11 is 1.23. The summed E-state index contributed by atoms with van der Waals surface area (Å²) in [6.07, 6.45) is 5.06. The molecule has 0 aliphatic carbocycles. The second-order valence-electron chi connectivity index (χ2n) is 3.06. The molecule has 6 heteroatoms. The van der Waals surface area contributed by atoms with Gasteiger partial charge < -0.3 is 4.74 Å². The fourth-order valence-corrected chi connectivity index (χ4v) is 2.12. The van der Waals surface area contributed by atoms with Crippen molar-refractivity contribution in [3.63, 3.8) is 0 Å². The fourth-order valence-electron chi connectivity index (χ4n) is 1.43. The van der Waals surface area contributed by atoms with Crippen LogP contribution in [0.5, 0.6) is 5.19 Å². The number of methoxy groups -OCH3 is 1. The topological polar surface area (TPSA) is 57.0 Å². The molecule has 0 saturated carbocycles. The number of aldehydes is 1. The molecule has 5 nitrogen and oxygen atoms in total. The second kappa shape index (κ2) is 4.44. The number of hydrogen-bond acceptors (Lipinski definition) is 5. The molecule has 2 heterocycles. The summed E-state index contributed by atoms with van der Waals surface area (Å²) in [5, 5.41) is 0.479. The van der Waals surface area contributed by atoms with E-state index in [9.17, 15) is 4.79 Å². The van der Waals surface area contributed by atoms with Crippen molar-refractivity contribution in [3.8, 4) is 11.0 Å². The van der Waals surface area contributed by atoms with E-state index in [-0.39, 0.29) is 0 Å². The first-order valence-corrected chi connectivity index (χ1v) is 5.64. The average molecular weight is 237 g/mol. The van der Waals surface area contributed by atoms with Crippen LogP contribution in [0.2, 0.25) is 0 Å². The Balaban J connectivity index is 2.54. The number of carbonyl (C=O) groups excluding carboxylic acids is 1. The van der Waals surface area contributed by atoms with Crippen LogP contribution < -0.4 is 4.74 Å². The lowest BCUT2D eigenvalue weighted by Gasteiger charge is -2.02. The van der Waals surface area contributed by atoms with Gasteiger partial charge in [0.2, 0.25) is 0 Å². The van der Waals surface area contributed by atoms with Crippen LogP contribution in [0.25, 0.3) is 5.82 Å². The van der Waals surface area contributed by atoms with Gasteiger partial charge in [0.1, 0.15) is 10.7 Å². The van der Waals surface area contributed by atoms with Gasteiger partial charge in [-0.2, -0.15) is 4.98 Å². The van der Waals surface area contributed by atoms with Gasteiger partial charge in [0.05, 0.1) is 7.11 Å². The summed E-state index contributed by atoms with van der Waals surface area (Å²) in [4.78, 5) is 19.9. The summed E-state index contributed by atoms with van der Waals surface area (Å²) in [6.45, 7) is 2.00. The maximum Gasteiger partial charge on any atom is 0.275 e. The molecule has 0 amide bonds. The van der Waals surface area contributed by atoms with Gasteiger partial charge in [0.15, 0.2) is 12.1 Å². The van der Waals surface area contributed by atoms with E-state index in [1.165, 1.54) is 18.4 Å². The molecule has 0 bridgehead atoms. The molecule has 0 spiro atoms. The van der Waals surface area contributed by atoms with Gasteiger partial charge in [-0.15, -0.1) is 0 Å². The highest BCUT2D eigenvalue weighted by Gasteiger charge is 2.14. The molecule has 0 saturated heterocycles. The lowest BCUT2D eigenvalue weighted by molar-refractivity contribution is 0.112. The van der Waals surface area contributed by atoms with Crippen LogP contribution in [0.1, 0.15) is 22.4 Å². The van der Waals surface area contributed by atoms with Crippen molar-refractivity contribution in [2.24, 2.45) is 0 Å². The Kier molecular flexibility index (Phi) is 3.00. The van der Waals surface area contributed by atoms with Crippen molar-refractivity contribution < 1.29 is 9.53 Å². The Hall–Kier alpha value is -1.69. The van der Waals surface area contributed by atoms with Crippen molar-refractivity contribution in [1.29, 1.82) is 0 Å². The summed E-state index contributed by atoms with van der Waals surface area (Å²) in [6, 6.07) is 0. The smallest absolute Gasteiger partial charge is 0.275 e. The van der Waals surface area contributed by atoms with Crippen LogP contribution in [0.3, 0.4) is 0 Å². The van der Waals surface area contributed by atoms with Crippen LogP contribution in [-0.4, -0.2) is 27.9 Å². The van der Waals surface area contributed by atoms with E-state index in [0.29, 0.717) is 15.9 Å². The molecule has 0 radical (unpaired) electrons. The molecule has 2 aromatic heterocycles. The van der Waals surface area contributed by atoms with Crippen LogP contribution in [0.4, 0.5) is 0 Å². The second-order valence-corrected chi connectivity index (χ2v) is 4.05. The zero-order valence-electron chi connectivity index (χ0n) is 9.01. The molecule has 84 valence electrons. The molecule has 0 aliphatic rings. The van der Waals surface area contributed by atoms with E-state index < -0.39 is 0 Å². The average Bonchev–Trinajstić information content (AvgIpc) is 2.93. The Morgan fingerprint density at radius 3 is 3.06 bits per heavy atom. The third-order valence-electron chi connectivity index (χ3n) is 2.16. The number of ether oxygens (including phenoxy) is 1. The van der Waals surface area contributed by atoms with Gasteiger partial charge in [0.25, 0.3) is 5.19 Å². The van der Waals surface area contributed by atoms with Crippen LogP contribution in [0.15, 0.2) is 12.4 Å². The Labute approximate surface area is 96.7 Å². The maximum absolute atomic E-state index is 10.9. The Morgan fingerprint density at radius 1 is 1.62 bits per heavy atom. The van der Waals surface area contributed by atoms with Gasteiger partial charge in [-0.25, -0.2) is 4.98 Å². The number of aryl methyl sites for hydroxylation is 1. The first-order chi connectivity index (χ1) is 7.80. The predicted octanol–water partition coefficient (Wildman–Crippen LogP) is 1.71. The standard InChI is InChI=1S/C10H11N3O2S/c1-3-8-11-4-5-13(8)9-7(6-14)16-10(12-9)15-2/h4-6H,3H2,1-2H3. The van der Waals surface area contributed by atoms with Gasteiger partial charge in [-0.05, 0) is 0 Å². The molecule has 0 N–H and O–H groups in total. The van der Waals surface area contributed by atoms with Crippen LogP contribution in [-0.2, 0) is 6.42 Å². The van der Waals surface area contributed by atoms with Crippen molar-refractivity contribution >= 4 is 17.6 Å². The number of aromatic nitrogens is 3. The van der Waals surface area contributed by atoms with Crippen molar-refractivity contribution in [3.05, 3.63) is 23.1 Å². The highest BCUT2D eigenvalue weighted by molar-refractivity contribution is 7.15. The van der Waals surface area contributed by atoms with Crippen molar-refractivity contribution in [1.82, 2.24) is 14.5 Å². The van der Waals surface area contributed by atoms with E-state index >= 15 is 0 Å². The zero-order chi connectivity index (χ0) is 11.5. The maximum atomic E-state index is 10.9. The van der Waals surface area contributed by atoms with E-state index in [0.717, 1.165) is 18.5 Å². The lowest BCUT2D eigenvalue weighted by atomic mass is 10.4. The highest BCUT2D eigenvalue weighted by atomic mass is 32.1. The van der Waals surface area contributed by atoms with E-state index in [1.54, 1.807) is 12.4 Å². The summed E-state index contributed by atoms with van der Waals surface area (Å²) < 4.78 is 6.83. The predicted molar refractivity (Wildman–Crippen MR) is 60.6 cm³/mol. The first-order valence-electron chi connectivity index (χ1n) is 4.82. The lowest BCUT2D eigenvalue weighted by Crippen LogP contribution is -2.01. The molecule has 2 rings (SSSR count). The Morgan fingerprint density at radius 2 is 2.44 bits per heavy atom. The number of nitrogens with zero attached hydrogens (tertiary/aromatic N) is 3. The molecule has 16 heavy (non-hydrogen) atoms. The fraction of sp³-hybridized carbons (Fsp3) is 0.300. The summed E-state index contributed by atoms with van der Waals surface area (Å²) in [5.74, 6) is 1.46. The molecular weight excluding hydrogens is 226 g/mol. The first kappa shape index (κ1) is 10.8. The number of imidazole rings is 1. The molecule has 0 fully saturated rings. The summed E-state index contributed by atoms with van der Waals surface area (Å²) in [5.41, 5.74) is 0. The number of carbonyl (C=O) groups is 1. The molecule has 0 atom stereocenters. The van der Waals surface area contributed by atoms with Crippen LogP contribution >= 0.6 is 11.3 Å². The molecule has 0 aliphatic heterocycles.